The van der Waals surface area contributed by atoms with Crippen molar-refractivity contribution >= 4 is 29.9 Å². The Morgan fingerprint density at radius 3 is 2.84 bits per heavy atom. The van der Waals surface area contributed by atoms with Gasteiger partial charge in [0.05, 0.1) is 18.8 Å². The molecule has 0 saturated heterocycles. The molecule has 0 bridgehead atoms. The number of methoxy groups -OCH3 is 1. The van der Waals surface area contributed by atoms with E-state index in [2.05, 4.69) is 20.6 Å². The molecular weight excluding hydrogens is 355 g/mol. The smallest absolute Gasteiger partial charge is 0.191 e. The minimum Gasteiger partial charge on any atom is -0.383 e. The molecule has 2 N–H and O–H groups in total. The van der Waals surface area contributed by atoms with Gasteiger partial charge in [-0.25, -0.2) is 4.99 Å². The van der Waals surface area contributed by atoms with Crippen LogP contribution >= 0.6 is 24.0 Å². The second-order valence-electron chi connectivity index (χ2n) is 3.88. The van der Waals surface area contributed by atoms with E-state index >= 15 is 0 Å². The maximum absolute atomic E-state index is 4.99. The highest BCUT2D eigenvalue weighted by Crippen LogP contribution is 2.03. The first kappa shape index (κ1) is 18.1. The van der Waals surface area contributed by atoms with Crippen molar-refractivity contribution in [2.75, 3.05) is 26.8 Å². The Bertz CT molecular complexity index is 385. The molecule has 0 spiro atoms. The van der Waals surface area contributed by atoms with Crippen molar-refractivity contribution in [3.63, 3.8) is 0 Å². The Morgan fingerprint density at radius 2 is 2.21 bits per heavy atom. The SMILES string of the molecule is CCNC(=NCc1ncccc1C)NCCOC.I. The number of halogens is 1. The highest BCUT2D eigenvalue weighted by atomic mass is 127. The molecule has 5 nitrogen and oxygen atoms in total. The molecule has 0 aromatic carbocycles. The van der Waals surface area contributed by atoms with Crippen molar-refractivity contribution in [3.8, 4) is 0 Å². The number of ether oxygens (including phenoxy) is 1. The largest absolute Gasteiger partial charge is 0.383 e. The summed E-state index contributed by atoms with van der Waals surface area (Å²) in [5.74, 6) is 0.791. The first-order valence-electron chi connectivity index (χ1n) is 6.19. The van der Waals surface area contributed by atoms with E-state index in [1.165, 1.54) is 0 Å². The van der Waals surface area contributed by atoms with E-state index in [9.17, 15) is 0 Å². The maximum Gasteiger partial charge on any atom is 0.191 e. The van der Waals surface area contributed by atoms with Crippen LogP contribution in [0, 0.1) is 6.92 Å². The predicted molar refractivity (Wildman–Crippen MR) is 89.1 cm³/mol. The van der Waals surface area contributed by atoms with Gasteiger partial charge in [-0.15, -0.1) is 24.0 Å². The summed E-state index contributed by atoms with van der Waals surface area (Å²) >= 11 is 0. The average Bonchev–Trinajstić information content (AvgIpc) is 2.38. The number of hydrogen-bond donors (Lipinski definition) is 2. The molecule has 19 heavy (non-hydrogen) atoms. The van der Waals surface area contributed by atoms with E-state index in [0.29, 0.717) is 13.2 Å². The number of pyridine rings is 1. The lowest BCUT2D eigenvalue weighted by Gasteiger charge is -2.10. The second-order valence-corrected chi connectivity index (χ2v) is 3.88. The van der Waals surface area contributed by atoms with E-state index in [4.69, 9.17) is 4.74 Å². The lowest BCUT2D eigenvalue weighted by Crippen LogP contribution is -2.38. The third kappa shape index (κ3) is 7.31. The van der Waals surface area contributed by atoms with Crippen LogP contribution < -0.4 is 10.6 Å². The molecule has 1 heterocycles. The number of guanidine groups is 1. The van der Waals surface area contributed by atoms with Gasteiger partial charge in [0.1, 0.15) is 0 Å². The van der Waals surface area contributed by atoms with Crippen LogP contribution in [0.25, 0.3) is 0 Å². The summed E-state index contributed by atoms with van der Waals surface area (Å²) in [6.07, 6.45) is 1.79. The summed E-state index contributed by atoms with van der Waals surface area (Å²) in [4.78, 5) is 8.81. The zero-order valence-electron chi connectivity index (χ0n) is 11.8. The van der Waals surface area contributed by atoms with Gasteiger partial charge in [-0.2, -0.15) is 0 Å². The van der Waals surface area contributed by atoms with Gasteiger partial charge in [0.25, 0.3) is 0 Å². The number of nitrogens with zero attached hydrogens (tertiary/aromatic N) is 2. The molecule has 0 aliphatic rings. The zero-order chi connectivity index (χ0) is 13.2. The molecule has 0 unspecified atom stereocenters. The Labute approximate surface area is 132 Å². The van der Waals surface area contributed by atoms with Crippen LogP contribution in [0.2, 0.25) is 0 Å². The van der Waals surface area contributed by atoms with Crippen LogP contribution in [0.1, 0.15) is 18.2 Å². The Kier molecular flexibility index (Phi) is 10.5. The van der Waals surface area contributed by atoms with E-state index in [1.807, 2.05) is 26.0 Å². The van der Waals surface area contributed by atoms with E-state index in [0.717, 1.165) is 30.3 Å². The topological polar surface area (TPSA) is 58.5 Å². The van der Waals surface area contributed by atoms with Crippen LogP contribution in [0.5, 0.6) is 0 Å². The summed E-state index contributed by atoms with van der Waals surface area (Å²) < 4.78 is 4.99. The van der Waals surface area contributed by atoms with Gasteiger partial charge in [0.15, 0.2) is 5.96 Å². The van der Waals surface area contributed by atoms with Crippen molar-refractivity contribution in [2.24, 2.45) is 4.99 Å². The molecule has 1 aromatic heterocycles. The van der Waals surface area contributed by atoms with Gasteiger partial charge in [-0.1, -0.05) is 6.07 Å². The summed E-state index contributed by atoms with van der Waals surface area (Å²) in [5.41, 5.74) is 2.16. The summed E-state index contributed by atoms with van der Waals surface area (Å²) in [6, 6.07) is 3.98. The monoisotopic (exact) mass is 378 g/mol. The average molecular weight is 378 g/mol. The van der Waals surface area contributed by atoms with Gasteiger partial charge in [0.2, 0.25) is 0 Å². The van der Waals surface area contributed by atoms with E-state index < -0.39 is 0 Å². The standard InChI is InChI=1S/C13H22N4O.HI/c1-4-14-13(16-8-9-18-3)17-10-12-11(2)6-5-7-15-12;/h5-7H,4,8-10H2,1-3H3,(H2,14,16,17);1H. The highest BCUT2D eigenvalue weighted by Gasteiger charge is 1.99. The molecule has 0 saturated carbocycles. The Balaban J connectivity index is 0.00000324. The highest BCUT2D eigenvalue weighted by molar-refractivity contribution is 14.0. The number of rotatable bonds is 6. The molecule has 1 aromatic rings. The molecular formula is C13H23IN4O. The molecule has 0 amide bonds. The Morgan fingerprint density at radius 1 is 1.42 bits per heavy atom. The fraction of sp³-hybridized carbons (Fsp3) is 0.538. The lowest BCUT2D eigenvalue weighted by atomic mass is 10.2. The second kappa shape index (κ2) is 11.0. The predicted octanol–water partition coefficient (Wildman–Crippen LogP) is 1.71. The first-order chi connectivity index (χ1) is 8.77. The van der Waals surface area contributed by atoms with E-state index in [-0.39, 0.29) is 24.0 Å². The van der Waals surface area contributed by atoms with Gasteiger partial charge in [0, 0.05) is 26.4 Å². The maximum atomic E-state index is 4.99. The van der Waals surface area contributed by atoms with Crippen LogP contribution in [-0.2, 0) is 11.3 Å². The van der Waals surface area contributed by atoms with Gasteiger partial charge >= 0.3 is 0 Å². The minimum atomic E-state index is 0. The molecule has 108 valence electrons. The van der Waals surface area contributed by atoms with Crippen LogP contribution in [0.4, 0.5) is 0 Å². The van der Waals surface area contributed by atoms with Gasteiger partial charge < -0.3 is 15.4 Å². The van der Waals surface area contributed by atoms with Gasteiger partial charge in [-0.05, 0) is 25.5 Å². The number of aliphatic imine (C=N–C) groups is 1. The van der Waals surface area contributed by atoms with Crippen molar-refractivity contribution in [3.05, 3.63) is 29.6 Å². The minimum absolute atomic E-state index is 0. The summed E-state index contributed by atoms with van der Waals surface area (Å²) in [6.45, 7) is 6.90. The quantitative estimate of drug-likeness (QED) is 0.343. The van der Waals surface area contributed by atoms with Crippen LogP contribution in [0.15, 0.2) is 23.3 Å². The molecule has 1 rings (SSSR count). The van der Waals surface area contributed by atoms with Crippen molar-refractivity contribution < 1.29 is 4.74 Å². The molecule has 0 atom stereocenters. The normalized spacial score (nSPS) is 10.8. The van der Waals surface area contributed by atoms with Crippen molar-refractivity contribution in [2.45, 2.75) is 20.4 Å². The number of nitrogens with one attached hydrogen (secondary N) is 2. The fourth-order valence-electron chi connectivity index (χ4n) is 1.45. The molecule has 0 fully saturated rings. The van der Waals surface area contributed by atoms with Crippen LogP contribution in [0.3, 0.4) is 0 Å². The summed E-state index contributed by atoms with van der Waals surface area (Å²) in [7, 11) is 1.68. The molecule has 0 aliphatic carbocycles. The molecule has 0 radical (unpaired) electrons. The molecule has 6 heteroatoms. The van der Waals surface area contributed by atoms with Crippen molar-refractivity contribution in [1.29, 1.82) is 0 Å². The fourth-order valence-corrected chi connectivity index (χ4v) is 1.45. The zero-order valence-corrected chi connectivity index (χ0v) is 14.1. The Hall–Kier alpha value is -0.890. The van der Waals surface area contributed by atoms with Crippen LogP contribution in [-0.4, -0.2) is 37.7 Å². The van der Waals surface area contributed by atoms with Gasteiger partial charge in [-0.3, -0.25) is 4.98 Å². The third-order valence-corrected chi connectivity index (χ3v) is 2.45. The lowest BCUT2D eigenvalue weighted by molar-refractivity contribution is 0.203. The third-order valence-electron chi connectivity index (χ3n) is 2.45. The number of aryl methyl sites for hydroxylation is 1. The number of aromatic nitrogens is 1. The molecule has 0 aliphatic heterocycles. The van der Waals surface area contributed by atoms with E-state index in [1.54, 1.807) is 13.3 Å². The van der Waals surface area contributed by atoms with Crippen molar-refractivity contribution in [1.82, 2.24) is 15.6 Å². The summed E-state index contributed by atoms with van der Waals surface area (Å²) in [5, 5.41) is 6.38. The number of hydrogen-bond acceptors (Lipinski definition) is 3. The first-order valence-corrected chi connectivity index (χ1v) is 6.19.